The largest absolute Gasteiger partial charge is 0.664 e. The number of aromatic nitrogens is 6. The van der Waals surface area contributed by atoms with Crippen molar-refractivity contribution >= 4 is 41.7 Å². The highest BCUT2D eigenvalue weighted by atomic mass is 16.5. The molecule has 11 unspecified atom stereocenters. The van der Waals surface area contributed by atoms with Gasteiger partial charge in [0.15, 0.2) is 22.8 Å². The Morgan fingerprint density at radius 2 is 0.924 bits per heavy atom. The van der Waals surface area contributed by atoms with Crippen molar-refractivity contribution < 1.29 is 81.7 Å². The third-order valence-corrected chi connectivity index (χ3v) is 30.1. The summed E-state index contributed by atoms with van der Waals surface area (Å²) >= 11 is 0. The van der Waals surface area contributed by atoms with Crippen LogP contribution >= 0.6 is 0 Å². The molecular formula is C115H137N11O19. The number of ketones is 1. The quantitative estimate of drug-likeness (QED) is 0.0196. The van der Waals surface area contributed by atoms with Crippen LogP contribution in [0.4, 0.5) is 4.79 Å². The number of amides is 2. The van der Waals surface area contributed by atoms with Crippen LogP contribution in [0.15, 0.2) is 240 Å². The van der Waals surface area contributed by atoms with Crippen LogP contribution in [0.1, 0.15) is 221 Å². The number of aromatic amines is 2. The number of alkyl carbamates (subject to hydrolysis) is 1. The number of carboxylic acid groups (broad SMARTS) is 1. The summed E-state index contributed by atoms with van der Waals surface area (Å²) in [4.78, 5) is 129. The zero-order valence-corrected chi connectivity index (χ0v) is 86.8. The van der Waals surface area contributed by atoms with Crippen molar-refractivity contribution in [1.29, 1.82) is 0 Å². The molecule has 0 aromatic carbocycles. The van der Waals surface area contributed by atoms with Crippen molar-refractivity contribution in [3.8, 4) is 23.5 Å². The molecule has 1 aliphatic heterocycles. The van der Waals surface area contributed by atoms with E-state index in [1.54, 1.807) is 51.7 Å². The van der Waals surface area contributed by atoms with Crippen LogP contribution in [-0.4, -0.2) is 150 Å². The Morgan fingerprint density at radius 1 is 0.503 bits per heavy atom. The minimum absolute atomic E-state index is 0.0416. The maximum absolute atomic E-state index is 12.8. The van der Waals surface area contributed by atoms with Gasteiger partial charge in [0.2, 0.25) is 34.6 Å². The summed E-state index contributed by atoms with van der Waals surface area (Å²) in [7, 11) is 10.4. The van der Waals surface area contributed by atoms with E-state index in [4.69, 9.17) is 55.5 Å². The van der Waals surface area contributed by atoms with E-state index < -0.39 is 63.0 Å². The highest BCUT2D eigenvalue weighted by molar-refractivity contribution is 6.13. The van der Waals surface area contributed by atoms with Gasteiger partial charge in [-0.2, -0.15) is 4.79 Å². The number of carboxylic acids is 1. The van der Waals surface area contributed by atoms with E-state index in [-0.39, 0.29) is 58.4 Å². The van der Waals surface area contributed by atoms with Crippen molar-refractivity contribution in [3.05, 3.63) is 330 Å². The molecule has 12 bridgehead atoms. The zero-order chi connectivity index (χ0) is 105. The Bertz CT molecular complexity index is 6600. The zero-order valence-electron chi connectivity index (χ0n) is 86.8. The number of ether oxygens (including phenoxy) is 8. The number of dihydropyridines is 1. The number of aliphatic hydroxyl groups is 1. The average molecular weight is 1980 g/mol. The van der Waals surface area contributed by atoms with E-state index in [0.717, 1.165) is 143 Å². The predicted molar refractivity (Wildman–Crippen MR) is 553 cm³/mol. The summed E-state index contributed by atoms with van der Waals surface area (Å²) < 4.78 is 40.3. The van der Waals surface area contributed by atoms with Crippen molar-refractivity contribution in [3.63, 3.8) is 0 Å². The summed E-state index contributed by atoms with van der Waals surface area (Å²) in [6.45, 7) is 30.0. The number of Topliss-reactive ketones (excluding diaryl/α,β-unsaturated/α-hetero) is 1. The molecule has 2 amide bonds. The van der Waals surface area contributed by atoms with E-state index in [1.807, 2.05) is 84.0 Å². The first-order valence-corrected chi connectivity index (χ1v) is 49.3. The Morgan fingerprint density at radius 3 is 1.44 bits per heavy atom. The molecule has 14 atom stereocenters. The molecule has 30 heteroatoms. The fourth-order valence-electron chi connectivity index (χ4n) is 24.4. The number of H-pyrrole nitrogens is 2. The summed E-state index contributed by atoms with van der Waals surface area (Å²) in [5.41, 5.74) is 44.8. The normalized spacial score (nSPS) is 28.0. The second-order valence-electron chi connectivity index (χ2n) is 39.6. The summed E-state index contributed by atoms with van der Waals surface area (Å²) in [6.07, 6.45) is 37.6. The lowest BCUT2D eigenvalue weighted by Gasteiger charge is -2.52. The molecule has 13 aliphatic carbocycles. The molecule has 6 aromatic heterocycles. The van der Waals surface area contributed by atoms with Crippen molar-refractivity contribution in [2.45, 2.75) is 231 Å². The van der Waals surface area contributed by atoms with E-state index in [0.29, 0.717) is 90.9 Å². The monoisotopic (exact) mass is 1980 g/mol. The van der Waals surface area contributed by atoms with Gasteiger partial charge in [-0.25, -0.2) is 30.0 Å². The van der Waals surface area contributed by atoms with E-state index in [2.05, 4.69) is 160 Å². The van der Waals surface area contributed by atoms with Gasteiger partial charge >= 0.3 is 35.9 Å². The number of methoxy groups -OCH3 is 7. The third kappa shape index (κ3) is 21.4. The van der Waals surface area contributed by atoms with Gasteiger partial charge in [-0.3, -0.25) is 33.6 Å². The van der Waals surface area contributed by atoms with Gasteiger partial charge in [-0.05, 0) is 215 Å². The van der Waals surface area contributed by atoms with Crippen LogP contribution in [0.3, 0.4) is 0 Å². The first-order valence-electron chi connectivity index (χ1n) is 49.3. The fraction of sp³-hybridized carbons (Fsp3) is 0.435. The second kappa shape index (κ2) is 44.8. The standard InChI is InChI=1S/C18H22N2O3.C18H21NO3.C16H17NO4.C15H18N2O.C15H17N2O.C15H16N2O.C11H13NO4.C7H12O2/c1-5-13-12-8-11(2)10-18(13,20-17(21)23-4)14-6-7-16(22-3)19-15(14)9-12;1-5-13-12-8-11(2)10-18(13,17(20)22-4)14-6-7-16(21-3)19-15(14)9-12;1-9-6-10-7-12-11(4-5-13(17-12)20-2)16(8-9,14(10)18)15(19)21-3;3*1-3-11-10-6-9(2)8-15(11,16)12-4-5-14(18)17-13(12)7-10;1-16-9-5-2-6-7(12-9)3-4-8(13)10(6)11(14)15;1-4-6(2)5-9-7(3)8/h5-8,12H,9-10H2,1-4H3,(H,20,21);5-8,12H,9-10H2,1-4H3;4-6,10H,7-8H2,1-3H3;3-6,10H,7-8,16H2,1-2H3,(H,17,18);3-6,10,16H,7-8H2,1-2H3,(H,17,18);3,5-6,10H,7-8,16H2,1-2H3;2,5,8,10,13H,3-4H2,1H3,(H,14,15);2,4-5H2,1,3H3/q;;;;-1;;;/p+1/b2*13-5+;;3*11-3+;;/t;;;3*10?,15-;;/m...110../s1. The number of nitrogens with two attached hydrogens (primary N) is 2. The lowest BCUT2D eigenvalue weighted by Crippen LogP contribution is -2.53. The lowest BCUT2D eigenvalue weighted by molar-refractivity contribution is -0.154. The van der Waals surface area contributed by atoms with E-state index in [1.165, 1.54) is 97.7 Å². The topological polar surface area (TPSA) is 451 Å². The smallest absolute Gasteiger partial charge is 0.407 e. The number of fused-ring (bicyclic) bond motifs is 24. The molecule has 0 fully saturated rings. The van der Waals surface area contributed by atoms with Crippen LogP contribution in [-0.2, 0) is 114 Å². The number of allylic oxidation sites excluding steroid dienone is 14. The minimum Gasteiger partial charge on any atom is -0.664 e. The Labute approximate surface area is 847 Å². The van der Waals surface area contributed by atoms with Crippen molar-refractivity contribution in [2.24, 2.45) is 47.0 Å². The van der Waals surface area contributed by atoms with E-state index >= 15 is 0 Å². The number of esters is 3. The highest BCUT2D eigenvalue weighted by Crippen LogP contribution is 2.57. The highest BCUT2D eigenvalue weighted by Gasteiger charge is 2.59. The molecule has 0 radical (unpaired) electrons. The van der Waals surface area contributed by atoms with Crippen molar-refractivity contribution in [1.82, 2.24) is 40.5 Å². The maximum atomic E-state index is 12.8. The number of hydrogen-bond donors (Lipinski definition) is 8. The van der Waals surface area contributed by atoms with Gasteiger partial charge in [-0.15, -0.1) is 0 Å². The predicted octanol–water partition coefficient (Wildman–Crippen LogP) is 16.6. The van der Waals surface area contributed by atoms with Gasteiger partial charge in [0, 0.05) is 127 Å². The number of pyridine rings is 6. The van der Waals surface area contributed by atoms with Crippen LogP contribution in [0, 0.1) is 41.6 Å². The van der Waals surface area contributed by atoms with Crippen molar-refractivity contribution in [2.75, 3.05) is 56.4 Å². The second-order valence-corrected chi connectivity index (χ2v) is 39.6. The molecule has 0 saturated carbocycles. The number of carbonyl (C=O) groups is 7. The maximum Gasteiger partial charge on any atom is 0.407 e. The summed E-state index contributed by atoms with van der Waals surface area (Å²) in [5, 5.41) is 24.7. The molecule has 30 nitrogen and oxygen atoms in total. The molecule has 7 heterocycles. The average Bonchev–Trinajstić information content (AvgIpc) is 0.785. The van der Waals surface area contributed by atoms with Crippen LogP contribution < -0.4 is 52.2 Å². The number of rotatable bonds is 11. The molecule has 766 valence electrons. The van der Waals surface area contributed by atoms with Gasteiger partial charge in [0.25, 0.3) is 0 Å². The number of nitrogens with zero attached hydrogens (tertiary/aromatic N) is 4. The Kier molecular flexibility index (Phi) is 33.5. The Hall–Kier alpha value is -13.9. The number of aliphatic carboxylic acids is 1. The molecule has 0 spiro atoms. The molecule has 145 heavy (non-hydrogen) atoms. The summed E-state index contributed by atoms with van der Waals surface area (Å²) in [6, 6.07) is 21.2. The molecule has 6 aromatic rings. The van der Waals surface area contributed by atoms with Gasteiger partial charge in [0.1, 0.15) is 29.2 Å². The van der Waals surface area contributed by atoms with Gasteiger partial charge in [-0.1, -0.05) is 149 Å². The molecule has 20 rings (SSSR count). The van der Waals surface area contributed by atoms with E-state index in [9.17, 15) is 48.3 Å². The molecule has 11 N–H and O–H groups in total. The third-order valence-electron chi connectivity index (χ3n) is 30.1. The fourth-order valence-corrected chi connectivity index (χ4v) is 24.4. The SMILES string of the molecule is C/C=C1\C2C=C(C)CC1(C(=O)OC)c1ccc(OC)nc1C2.C/C=C1\C2C=C(C)CC1(NC(=O)OC)c1ccc(OC)nc1C2.C/C=C1\C2C=C(C)C[C@@]1(N)C1=C(C2)NC(=O)C=[C+]1.C/C=C1\C2C=C(C)C[C@]1(N)c1ccc(=O)[nH]c1C2.C/C=C1\C2C=C(C)C[C@]1([NH-])c1ccc(=O)[nH]c1C2.C=C(CC)COC(C)=O.COC(=O)C12CC(C)=CC(Cc3nc(OC)ccc31)C2=O.COc1ccc2c(n1)CCC(O)C2C(=O)O. The number of nitrogens with one attached hydrogen (secondary N) is 5. The van der Waals surface area contributed by atoms with Gasteiger partial charge < -0.3 is 80.6 Å². The number of aliphatic hydroxyl groups excluding tert-OH is 1. The van der Waals surface area contributed by atoms with Crippen LogP contribution in [0.25, 0.3) is 5.73 Å². The number of aryl methyl sites for hydroxylation is 1. The molecule has 0 saturated heterocycles. The molecule has 14 aliphatic rings. The Balaban J connectivity index is 0.000000140. The number of hydrogen-bond acceptors (Lipinski definition) is 24. The first kappa shape index (κ1) is 108. The van der Waals surface area contributed by atoms with Gasteiger partial charge in [0.05, 0.1) is 90.1 Å². The first-order chi connectivity index (χ1) is 69.0. The summed E-state index contributed by atoms with van der Waals surface area (Å²) in [5.74, 6) is 0.157. The van der Waals surface area contributed by atoms with Crippen LogP contribution in [0.5, 0.6) is 23.5 Å². The minimum atomic E-state index is -1.24. The number of carbonyl (C=O) groups excluding carboxylic acids is 6. The molecular weight excluding hydrogens is 1840 g/mol. The van der Waals surface area contributed by atoms with Crippen LogP contribution in [0.2, 0.25) is 0 Å². The lowest BCUT2D eigenvalue weighted by atomic mass is 9.58.